The Morgan fingerprint density at radius 3 is 2.75 bits per heavy atom. The largest absolute Gasteiger partial charge is 0.355 e. The summed E-state index contributed by atoms with van der Waals surface area (Å²) in [5, 5.41) is 6.48. The molecule has 0 aliphatic carbocycles. The van der Waals surface area contributed by atoms with E-state index in [0.29, 0.717) is 25.0 Å². The van der Waals surface area contributed by atoms with Crippen molar-refractivity contribution in [2.24, 2.45) is 5.92 Å². The lowest BCUT2D eigenvalue weighted by molar-refractivity contribution is -0.122. The Hall–Kier alpha value is -1.47. The molecule has 0 saturated carbocycles. The van der Waals surface area contributed by atoms with Crippen molar-refractivity contribution >= 4 is 5.91 Å². The maximum atomic E-state index is 12.3. The third-order valence-electron chi connectivity index (χ3n) is 5.14. The highest BCUT2D eigenvalue weighted by Crippen LogP contribution is 2.23. The molecule has 4 N–H and O–H groups in total. The summed E-state index contributed by atoms with van der Waals surface area (Å²) in [6.45, 7) is 4.14. The van der Waals surface area contributed by atoms with Gasteiger partial charge in [-0.15, -0.1) is 0 Å². The molecule has 2 aliphatic rings. The molecule has 24 heavy (non-hydrogen) atoms. The fourth-order valence-electron chi connectivity index (χ4n) is 3.65. The van der Waals surface area contributed by atoms with E-state index in [1.807, 2.05) is 6.07 Å². The Labute approximate surface area is 144 Å². The quantitative estimate of drug-likeness (QED) is 0.602. The van der Waals surface area contributed by atoms with E-state index >= 15 is 0 Å². The van der Waals surface area contributed by atoms with Crippen LogP contribution in [-0.2, 0) is 4.79 Å². The van der Waals surface area contributed by atoms with Gasteiger partial charge in [0.2, 0.25) is 5.91 Å². The highest BCUT2D eigenvalue weighted by atomic mass is 16.2. The predicted molar refractivity (Wildman–Crippen MR) is 95.3 cm³/mol. The van der Waals surface area contributed by atoms with Crippen molar-refractivity contribution in [3.8, 4) is 0 Å². The first-order valence-electron chi connectivity index (χ1n) is 8.95. The van der Waals surface area contributed by atoms with Crippen molar-refractivity contribution in [3.63, 3.8) is 0 Å². The van der Waals surface area contributed by atoms with E-state index in [4.69, 9.17) is 0 Å². The summed E-state index contributed by atoms with van der Waals surface area (Å²) in [6, 6.07) is 11.2. The fraction of sp³-hybridized carbons (Fsp3) is 0.611. The van der Waals surface area contributed by atoms with Crippen LogP contribution in [0.4, 0.5) is 0 Å². The van der Waals surface area contributed by atoms with E-state index in [1.165, 1.54) is 5.56 Å². The second kappa shape index (κ2) is 8.58. The number of hydrazine groups is 1. The number of nitrogens with zero attached hydrogens (tertiary/aromatic N) is 1. The van der Waals surface area contributed by atoms with Gasteiger partial charge in [0.25, 0.3) is 0 Å². The second-order valence-electron chi connectivity index (χ2n) is 6.87. The zero-order valence-corrected chi connectivity index (χ0v) is 14.4. The molecule has 1 amide bonds. The van der Waals surface area contributed by atoms with E-state index < -0.39 is 0 Å². The smallest absolute Gasteiger partial charge is 0.234 e. The summed E-state index contributed by atoms with van der Waals surface area (Å²) < 4.78 is 0. The zero-order chi connectivity index (χ0) is 16.8. The van der Waals surface area contributed by atoms with Crippen LogP contribution in [0.15, 0.2) is 30.3 Å². The predicted octanol–water partition coefficient (Wildman–Crippen LogP) is 0.252. The van der Waals surface area contributed by atoms with Crippen molar-refractivity contribution in [1.82, 2.24) is 26.4 Å². The minimum Gasteiger partial charge on any atom is -0.355 e. The first kappa shape index (κ1) is 17.4. The van der Waals surface area contributed by atoms with Crippen LogP contribution in [0.25, 0.3) is 0 Å². The third kappa shape index (κ3) is 4.54. The molecule has 0 spiro atoms. The second-order valence-corrected chi connectivity index (χ2v) is 6.87. The summed E-state index contributed by atoms with van der Waals surface area (Å²) in [4.78, 5) is 14.5. The molecule has 2 heterocycles. The summed E-state index contributed by atoms with van der Waals surface area (Å²) in [5.74, 6) is 0.482. The summed E-state index contributed by atoms with van der Waals surface area (Å²) >= 11 is 0. The number of carbonyl (C=O) groups excluding carboxylic acids is 1. The van der Waals surface area contributed by atoms with Crippen LogP contribution in [0, 0.1) is 5.92 Å². The lowest BCUT2D eigenvalue weighted by atomic mass is 9.95. The number of hydrogen-bond donors (Lipinski definition) is 4. The molecule has 2 unspecified atom stereocenters. The van der Waals surface area contributed by atoms with Crippen LogP contribution in [0.1, 0.15) is 24.4 Å². The molecule has 1 aromatic rings. The molecule has 6 heteroatoms. The number of likely N-dealkylation sites (N-methyl/N-ethyl adjacent to an activating group) is 1. The van der Waals surface area contributed by atoms with Crippen LogP contribution in [0.3, 0.4) is 0 Å². The molecule has 0 radical (unpaired) electrons. The van der Waals surface area contributed by atoms with Gasteiger partial charge in [-0.25, -0.2) is 5.43 Å². The number of carbonyl (C=O) groups is 1. The minimum absolute atomic E-state index is 0.120. The zero-order valence-electron chi connectivity index (χ0n) is 14.4. The number of amides is 1. The van der Waals surface area contributed by atoms with Crippen molar-refractivity contribution in [3.05, 3.63) is 35.9 Å². The van der Waals surface area contributed by atoms with Crippen molar-refractivity contribution in [2.75, 3.05) is 39.8 Å². The molecule has 2 aliphatic heterocycles. The number of benzene rings is 1. The Morgan fingerprint density at radius 1 is 1.25 bits per heavy atom. The Balaban J connectivity index is 1.45. The first-order valence-corrected chi connectivity index (χ1v) is 8.95. The van der Waals surface area contributed by atoms with Crippen molar-refractivity contribution in [1.29, 1.82) is 0 Å². The average Bonchev–Trinajstić information content (AvgIpc) is 3.10. The van der Waals surface area contributed by atoms with Gasteiger partial charge in [-0.3, -0.25) is 15.1 Å². The lowest BCUT2D eigenvalue weighted by Crippen LogP contribution is -2.46. The molecule has 0 bridgehead atoms. The van der Waals surface area contributed by atoms with Gasteiger partial charge in [-0.05, 0) is 38.5 Å². The average molecular weight is 331 g/mol. The van der Waals surface area contributed by atoms with Gasteiger partial charge in [0.15, 0.2) is 0 Å². The molecule has 6 nitrogen and oxygen atoms in total. The van der Waals surface area contributed by atoms with E-state index in [9.17, 15) is 4.79 Å². The molecule has 3 rings (SSSR count). The van der Waals surface area contributed by atoms with Gasteiger partial charge < -0.3 is 10.6 Å². The van der Waals surface area contributed by atoms with E-state index in [1.54, 1.807) is 0 Å². The maximum absolute atomic E-state index is 12.3. The number of piperidine rings is 1. The standard InChI is InChI=1S/C18H29N5O/c1-23(16-7-9-19-10-8-16)13-17(24)20-11-15-12-21-22-18(15)14-5-3-2-4-6-14/h2-6,15-16,18-19,21-22H,7-13H2,1H3,(H,20,24). The number of rotatable bonds is 6. The maximum Gasteiger partial charge on any atom is 0.234 e. The minimum atomic E-state index is 0.120. The van der Waals surface area contributed by atoms with Crippen molar-refractivity contribution < 1.29 is 4.79 Å². The van der Waals surface area contributed by atoms with E-state index in [0.717, 1.165) is 32.5 Å². The van der Waals surface area contributed by atoms with Gasteiger partial charge >= 0.3 is 0 Å². The summed E-state index contributed by atoms with van der Waals surface area (Å²) in [7, 11) is 2.06. The van der Waals surface area contributed by atoms with Gasteiger partial charge in [0.05, 0.1) is 12.6 Å². The molecule has 0 aromatic heterocycles. The monoisotopic (exact) mass is 331 g/mol. The first-order chi connectivity index (χ1) is 11.7. The molecule has 2 saturated heterocycles. The highest BCUT2D eigenvalue weighted by Gasteiger charge is 2.28. The number of nitrogens with one attached hydrogen (secondary N) is 4. The Morgan fingerprint density at radius 2 is 2.00 bits per heavy atom. The topological polar surface area (TPSA) is 68.4 Å². The van der Waals surface area contributed by atoms with E-state index in [2.05, 4.69) is 57.7 Å². The SMILES string of the molecule is CN(CC(=O)NCC1CNNC1c1ccccc1)C1CCNCC1. The molecule has 132 valence electrons. The van der Waals surface area contributed by atoms with Crippen LogP contribution in [0.5, 0.6) is 0 Å². The van der Waals surface area contributed by atoms with Gasteiger partial charge in [-0.1, -0.05) is 30.3 Å². The molecule has 1 aromatic carbocycles. The number of hydrogen-bond acceptors (Lipinski definition) is 5. The Bertz CT molecular complexity index is 517. The summed E-state index contributed by atoms with van der Waals surface area (Å²) in [6.07, 6.45) is 2.24. The van der Waals surface area contributed by atoms with Gasteiger partial charge in [0.1, 0.15) is 0 Å². The van der Waals surface area contributed by atoms with Crippen LogP contribution < -0.4 is 21.5 Å². The van der Waals surface area contributed by atoms with Gasteiger partial charge in [-0.2, -0.15) is 0 Å². The molecule has 2 atom stereocenters. The molecular weight excluding hydrogens is 302 g/mol. The molecular formula is C18H29N5O. The highest BCUT2D eigenvalue weighted by molar-refractivity contribution is 5.78. The van der Waals surface area contributed by atoms with Crippen LogP contribution in [-0.4, -0.2) is 56.6 Å². The fourth-order valence-corrected chi connectivity index (χ4v) is 3.65. The van der Waals surface area contributed by atoms with Crippen LogP contribution >= 0.6 is 0 Å². The lowest BCUT2D eigenvalue weighted by Gasteiger charge is -2.31. The Kier molecular flexibility index (Phi) is 6.20. The van der Waals surface area contributed by atoms with Crippen LogP contribution in [0.2, 0.25) is 0 Å². The summed E-state index contributed by atoms with van der Waals surface area (Å²) in [5.41, 5.74) is 7.80. The van der Waals surface area contributed by atoms with Gasteiger partial charge in [0, 0.05) is 25.0 Å². The molecule has 2 fully saturated rings. The third-order valence-corrected chi connectivity index (χ3v) is 5.14. The van der Waals surface area contributed by atoms with Crippen molar-refractivity contribution in [2.45, 2.75) is 24.9 Å². The van der Waals surface area contributed by atoms with E-state index in [-0.39, 0.29) is 11.9 Å². The normalized spacial score (nSPS) is 25.1.